The minimum atomic E-state index is -5.10. The molecule has 0 aliphatic carbocycles. The summed E-state index contributed by atoms with van der Waals surface area (Å²) in [6.07, 6.45) is -4.32. The highest BCUT2D eigenvalue weighted by atomic mass is 35.5. The van der Waals surface area contributed by atoms with Gasteiger partial charge < -0.3 is 4.74 Å². The first-order valence-electron chi connectivity index (χ1n) is 9.66. The van der Waals surface area contributed by atoms with E-state index in [1.165, 1.54) is 0 Å². The van der Waals surface area contributed by atoms with E-state index >= 15 is 4.39 Å². The highest BCUT2D eigenvalue weighted by molar-refractivity contribution is 7.90. The molecular formula is C21H19ClF5N3O3S. The number of hydrogen-bond donors (Lipinski definition) is 0. The van der Waals surface area contributed by atoms with E-state index in [0.717, 1.165) is 26.2 Å². The Labute approximate surface area is 197 Å². The molecule has 0 bridgehead atoms. The van der Waals surface area contributed by atoms with E-state index in [1.54, 1.807) is 20.8 Å². The number of sulfone groups is 1. The maximum absolute atomic E-state index is 15.8. The Kier molecular flexibility index (Phi) is 6.32. The molecule has 0 unspecified atom stereocenters. The molecule has 184 valence electrons. The molecule has 0 aliphatic heterocycles. The van der Waals surface area contributed by atoms with Gasteiger partial charge in [0.2, 0.25) is 15.7 Å². The van der Waals surface area contributed by atoms with Gasteiger partial charge in [0.15, 0.2) is 5.82 Å². The fourth-order valence-corrected chi connectivity index (χ4v) is 4.05. The Morgan fingerprint density at radius 3 is 2.09 bits per heavy atom. The molecule has 13 heteroatoms. The zero-order valence-corrected chi connectivity index (χ0v) is 20.4. The van der Waals surface area contributed by atoms with E-state index < -0.39 is 77.0 Å². The van der Waals surface area contributed by atoms with Crippen molar-refractivity contribution in [3.63, 3.8) is 0 Å². The molecule has 2 aromatic heterocycles. The van der Waals surface area contributed by atoms with Crippen LogP contribution in [0.2, 0.25) is 5.02 Å². The number of pyridine rings is 1. The number of ether oxygens (including phenoxy) is 1. The summed E-state index contributed by atoms with van der Waals surface area (Å²) in [6.45, 7) is 6.88. The van der Waals surface area contributed by atoms with E-state index in [9.17, 15) is 26.0 Å². The van der Waals surface area contributed by atoms with Gasteiger partial charge in [0.25, 0.3) is 5.16 Å². The van der Waals surface area contributed by atoms with Crippen LogP contribution in [0.5, 0.6) is 5.88 Å². The Morgan fingerprint density at radius 1 is 1.00 bits per heavy atom. The molecule has 0 aliphatic rings. The number of benzene rings is 1. The molecule has 6 nitrogen and oxygen atoms in total. The predicted molar refractivity (Wildman–Crippen MR) is 116 cm³/mol. The Morgan fingerprint density at radius 2 is 1.59 bits per heavy atom. The highest BCUT2D eigenvalue weighted by Gasteiger charge is 2.40. The quantitative estimate of drug-likeness (QED) is 0.317. The lowest BCUT2D eigenvalue weighted by molar-refractivity contribution is -0.138. The molecule has 0 spiro atoms. The molecule has 34 heavy (non-hydrogen) atoms. The normalized spacial score (nSPS) is 12.9. The maximum Gasteiger partial charge on any atom is 0.418 e. The van der Waals surface area contributed by atoms with Crippen LogP contribution in [-0.2, 0) is 16.0 Å². The molecular weight excluding hydrogens is 505 g/mol. The van der Waals surface area contributed by atoms with Crippen molar-refractivity contribution in [1.29, 1.82) is 0 Å². The Balaban J connectivity index is 2.53. The number of nitrogens with zero attached hydrogens (tertiary/aromatic N) is 3. The SMILES string of the molecule is Cc1nc(-c2c(Cl)cc3c(OC(C)(C)C)nc(S(C)(=O)=O)nc3c2F)c(C(F)(F)F)c(C)c1F. The Bertz CT molecular complexity index is 1440. The minimum Gasteiger partial charge on any atom is -0.471 e. The van der Waals surface area contributed by atoms with Gasteiger partial charge in [0.05, 0.1) is 32.9 Å². The fourth-order valence-electron chi connectivity index (χ4n) is 3.26. The molecule has 3 rings (SSSR count). The summed E-state index contributed by atoms with van der Waals surface area (Å²) in [5, 5.41) is -1.48. The minimum absolute atomic E-state index is 0.169. The van der Waals surface area contributed by atoms with Gasteiger partial charge >= 0.3 is 6.18 Å². The van der Waals surface area contributed by atoms with Gasteiger partial charge in [-0.05, 0) is 40.7 Å². The van der Waals surface area contributed by atoms with Gasteiger partial charge in [0, 0.05) is 11.8 Å². The van der Waals surface area contributed by atoms with Crippen LogP contribution in [0.4, 0.5) is 22.0 Å². The molecule has 0 saturated heterocycles. The van der Waals surface area contributed by atoms with Crippen molar-refractivity contribution in [3.8, 4) is 17.1 Å². The van der Waals surface area contributed by atoms with Crippen LogP contribution in [0.3, 0.4) is 0 Å². The van der Waals surface area contributed by atoms with Crippen molar-refractivity contribution in [1.82, 2.24) is 15.0 Å². The van der Waals surface area contributed by atoms with Gasteiger partial charge in [-0.25, -0.2) is 27.2 Å². The average Bonchev–Trinajstić information content (AvgIpc) is 2.63. The largest absolute Gasteiger partial charge is 0.471 e. The molecule has 1 aromatic carbocycles. The van der Waals surface area contributed by atoms with Gasteiger partial charge in [-0.15, -0.1) is 0 Å². The van der Waals surface area contributed by atoms with Crippen LogP contribution in [-0.4, -0.2) is 35.2 Å². The summed E-state index contributed by atoms with van der Waals surface area (Å²) in [6, 6.07) is 1.05. The van der Waals surface area contributed by atoms with E-state index in [4.69, 9.17) is 16.3 Å². The van der Waals surface area contributed by atoms with Crippen molar-refractivity contribution in [2.24, 2.45) is 0 Å². The van der Waals surface area contributed by atoms with Gasteiger partial charge in [-0.3, -0.25) is 0 Å². The summed E-state index contributed by atoms with van der Waals surface area (Å²) in [5.41, 5.74) is -6.04. The van der Waals surface area contributed by atoms with Crippen molar-refractivity contribution in [3.05, 3.63) is 39.5 Å². The number of rotatable bonds is 3. The lowest BCUT2D eigenvalue weighted by Gasteiger charge is -2.22. The van der Waals surface area contributed by atoms with E-state index in [-0.39, 0.29) is 11.3 Å². The molecule has 3 aromatic rings. The molecule has 2 heterocycles. The lowest BCUT2D eigenvalue weighted by Crippen LogP contribution is -2.24. The van der Waals surface area contributed by atoms with Gasteiger partial charge in [-0.2, -0.15) is 18.2 Å². The van der Waals surface area contributed by atoms with Crippen LogP contribution in [0.1, 0.15) is 37.6 Å². The van der Waals surface area contributed by atoms with Crippen LogP contribution in [0, 0.1) is 25.5 Å². The van der Waals surface area contributed by atoms with Crippen molar-refractivity contribution >= 4 is 32.3 Å². The van der Waals surface area contributed by atoms with Crippen LogP contribution in [0.25, 0.3) is 22.2 Å². The maximum atomic E-state index is 15.8. The number of alkyl halides is 3. The predicted octanol–water partition coefficient (Wildman–Crippen LogP) is 5.84. The first kappa shape index (κ1) is 26.0. The molecule has 0 saturated carbocycles. The number of hydrogen-bond acceptors (Lipinski definition) is 6. The molecule has 0 radical (unpaired) electrons. The molecule has 0 fully saturated rings. The summed E-state index contributed by atoms with van der Waals surface area (Å²) in [4.78, 5) is 11.2. The Hall–Kier alpha value is -2.60. The fraction of sp³-hybridized carbons (Fsp3) is 0.381. The zero-order chi connectivity index (χ0) is 26.0. The number of aromatic nitrogens is 3. The average molecular weight is 524 g/mol. The summed E-state index contributed by atoms with van der Waals surface area (Å²) < 4.78 is 102. The first-order chi connectivity index (χ1) is 15.3. The number of fused-ring (bicyclic) bond motifs is 1. The second kappa shape index (κ2) is 8.26. The van der Waals surface area contributed by atoms with Crippen LogP contribution >= 0.6 is 11.6 Å². The summed E-state index contributed by atoms with van der Waals surface area (Å²) >= 11 is 6.21. The third kappa shape index (κ3) is 4.78. The second-order valence-electron chi connectivity index (χ2n) is 8.60. The first-order valence-corrected chi connectivity index (χ1v) is 11.9. The smallest absolute Gasteiger partial charge is 0.418 e. The van der Waals surface area contributed by atoms with Gasteiger partial charge in [0.1, 0.15) is 16.9 Å². The van der Waals surface area contributed by atoms with Gasteiger partial charge in [-0.1, -0.05) is 11.6 Å². The number of aryl methyl sites for hydroxylation is 1. The molecule has 0 atom stereocenters. The highest BCUT2D eigenvalue weighted by Crippen LogP contribution is 2.44. The van der Waals surface area contributed by atoms with Crippen LogP contribution < -0.4 is 4.74 Å². The van der Waals surface area contributed by atoms with Crippen molar-refractivity contribution < 1.29 is 35.1 Å². The third-order valence-electron chi connectivity index (χ3n) is 4.62. The monoisotopic (exact) mass is 523 g/mol. The van der Waals surface area contributed by atoms with E-state index in [1.807, 2.05) is 0 Å². The standard InChI is InChI=1S/C21H19ClF5N3O3S/c1-8-13(21(25,26)27)17(28-9(2)14(8)23)12-11(22)7-10-16(15(12)24)29-19(34(6,31)32)30-18(10)33-20(3,4)5/h7H,1-6H3. The summed E-state index contributed by atoms with van der Waals surface area (Å²) in [5.74, 6) is -2.92. The van der Waals surface area contributed by atoms with E-state index in [2.05, 4.69) is 15.0 Å². The van der Waals surface area contributed by atoms with Crippen LogP contribution in [0.15, 0.2) is 11.2 Å². The summed E-state index contributed by atoms with van der Waals surface area (Å²) in [7, 11) is -4.07. The van der Waals surface area contributed by atoms with Crippen molar-refractivity contribution in [2.45, 2.75) is 51.6 Å². The third-order valence-corrected chi connectivity index (χ3v) is 5.76. The van der Waals surface area contributed by atoms with Crippen molar-refractivity contribution in [2.75, 3.05) is 6.26 Å². The topological polar surface area (TPSA) is 82.0 Å². The molecule has 0 amide bonds. The number of halogens is 6. The lowest BCUT2D eigenvalue weighted by atomic mass is 9.98. The zero-order valence-electron chi connectivity index (χ0n) is 18.8. The van der Waals surface area contributed by atoms with E-state index in [0.29, 0.717) is 0 Å². The second-order valence-corrected chi connectivity index (χ2v) is 10.9. The molecule has 0 N–H and O–H groups in total.